The molecule has 0 aromatic rings. The highest BCUT2D eigenvalue weighted by Crippen LogP contribution is 2.06. The van der Waals surface area contributed by atoms with E-state index in [1.165, 1.54) is 12.8 Å². The Kier molecular flexibility index (Phi) is 11.5. The molecular weight excluding hydrogens is 214 g/mol. The van der Waals surface area contributed by atoms with E-state index in [4.69, 9.17) is 4.74 Å². The van der Waals surface area contributed by atoms with Gasteiger partial charge in [-0.2, -0.15) is 0 Å². The van der Waals surface area contributed by atoms with Gasteiger partial charge in [0.05, 0.1) is 6.10 Å². The molecule has 102 valence electrons. The Hall–Kier alpha value is -0.570. The smallest absolute Gasteiger partial charge is 0.219 e. The Morgan fingerprint density at radius 2 is 1.76 bits per heavy atom. The number of unbranched alkanes of at least 4 members (excludes halogenated alkanes) is 4. The molecule has 0 spiro atoms. The molecule has 0 aliphatic rings. The van der Waals surface area contributed by atoms with Crippen LogP contribution in [0.2, 0.25) is 0 Å². The lowest BCUT2D eigenvalue weighted by atomic mass is 10.1. The van der Waals surface area contributed by atoms with Gasteiger partial charge in [0.2, 0.25) is 5.91 Å². The molecular formula is C14H29NO2. The summed E-state index contributed by atoms with van der Waals surface area (Å²) >= 11 is 0. The summed E-state index contributed by atoms with van der Waals surface area (Å²) in [5.41, 5.74) is 0. The fraction of sp³-hybridized carbons (Fsp3) is 0.929. The van der Waals surface area contributed by atoms with Crippen molar-refractivity contribution in [1.29, 1.82) is 0 Å². The van der Waals surface area contributed by atoms with E-state index in [0.717, 1.165) is 38.8 Å². The quantitative estimate of drug-likeness (QED) is 0.566. The van der Waals surface area contributed by atoms with Crippen LogP contribution in [0.3, 0.4) is 0 Å². The van der Waals surface area contributed by atoms with Gasteiger partial charge in [-0.15, -0.1) is 0 Å². The zero-order valence-electron chi connectivity index (χ0n) is 11.8. The molecule has 0 aromatic carbocycles. The summed E-state index contributed by atoms with van der Waals surface area (Å²) in [6.45, 7) is 7.88. The summed E-state index contributed by atoms with van der Waals surface area (Å²) in [6, 6.07) is 0. The van der Waals surface area contributed by atoms with Crippen molar-refractivity contribution < 1.29 is 9.53 Å². The zero-order chi connectivity index (χ0) is 12.9. The van der Waals surface area contributed by atoms with Crippen molar-refractivity contribution in [2.45, 2.75) is 71.8 Å². The number of hydrogen-bond donors (Lipinski definition) is 1. The molecule has 3 heteroatoms. The third-order valence-electron chi connectivity index (χ3n) is 2.57. The first-order valence-corrected chi connectivity index (χ1v) is 7.05. The number of amides is 1. The number of hydrogen-bond acceptors (Lipinski definition) is 2. The largest absolute Gasteiger partial charge is 0.379 e. The van der Waals surface area contributed by atoms with Gasteiger partial charge in [0.25, 0.3) is 0 Å². The summed E-state index contributed by atoms with van der Waals surface area (Å²) in [5.74, 6) is 0.204. The van der Waals surface area contributed by atoms with Crippen molar-refractivity contribution in [2.24, 2.45) is 0 Å². The molecule has 1 N–H and O–H groups in total. The van der Waals surface area contributed by atoms with Crippen molar-refractivity contribution in [3.05, 3.63) is 0 Å². The van der Waals surface area contributed by atoms with E-state index in [9.17, 15) is 4.79 Å². The lowest BCUT2D eigenvalue weighted by Crippen LogP contribution is -2.23. The van der Waals surface area contributed by atoms with E-state index >= 15 is 0 Å². The predicted molar refractivity (Wildman–Crippen MR) is 72.1 cm³/mol. The number of nitrogens with one attached hydrogen (secondary N) is 1. The first-order valence-electron chi connectivity index (χ1n) is 7.05. The minimum Gasteiger partial charge on any atom is -0.379 e. The van der Waals surface area contributed by atoms with Crippen LogP contribution >= 0.6 is 0 Å². The summed E-state index contributed by atoms with van der Waals surface area (Å²) in [7, 11) is 0. The van der Waals surface area contributed by atoms with E-state index in [1.807, 2.05) is 0 Å². The average Bonchev–Trinajstić information content (AvgIpc) is 2.29. The molecule has 0 saturated carbocycles. The van der Waals surface area contributed by atoms with Gasteiger partial charge >= 0.3 is 0 Å². The van der Waals surface area contributed by atoms with Crippen molar-refractivity contribution in [3.8, 4) is 0 Å². The second-order valence-corrected chi connectivity index (χ2v) is 4.79. The van der Waals surface area contributed by atoms with Gasteiger partial charge in [0, 0.05) is 19.6 Å². The van der Waals surface area contributed by atoms with Crippen LogP contribution in [0.5, 0.6) is 0 Å². The molecule has 0 radical (unpaired) electrons. The highest BCUT2D eigenvalue weighted by molar-refractivity contribution is 5.75. The van der Waals surface area contributed by atoms with E-state index in [-0.39, 0.29) is 5.91 Å². The maximum absolute atomic E-state index is 11.3. The van der Waals surface area contributed by atoms with Crippen molar-refractivity contribution in [3.63, 3.8) is 0 Å². The molecule has 0 aromatic heterocycles. The van der Waals surface area contributed by atoms with Gasteiger partial charge in [-0.25, -0.2) is 0 Å². The Balaban J connectivity index is 3.10. The van der Waals surface area contributed by atoms with Gasteiger partial charge in [0.1, 0.15) is 0 Å². The highest BCUT2D eigenvalue weighted by atomic mass is 16.5. The summed E-state index contributed by atoms with van der Waals surface area (Å²) in [6.07, 6.45) is 7.77. The minimum atomic E-state index is 0.204. The van der Waals surface area contributed by atoms with Crippen LogP contribution in [0.25, 0.3) is 0 Å². The molecule has 17 heavy (non-hydrogen) atoms. The number of ether oxygens (including phenoxy) is 1. The van der Waals surface area contributed by atoms with Crippen molar-refractivity contribution >= 4 is 5.91 Å². The Morgan fingerprint density at radius 3 is 2.41 bits per heavy atom. The fourth-order valence-electron chi connectivity index (χ4n) is 1.59. The van der Waals surface area contributed by atoms with Crippen LogP contribution in [0.15, 0.2) is 0 Å². The second-order valence-electron chi connectivity index (χ2n) is 4.79. The lowest BCUT2D eigenvalue weighted by molar-refractivity contribution is -0.121. The molecule has 1 amide bonds. The topological polar surface area (TPSA) is 38.3 Å². The highest BCUT2D eigenvalue weighted by Gasteiger charge is 1.99. The van der Waals surface area contributed by atoms with E-state index < -0.39 is 0 Å². The third-order valence-corrected chi connectivity index (χ3v) is 2.57. The average molecular weight is 243 g/mol. The summed E-state index contributed by atoms with van der Waals surface area (Å²) in [4.78, 5) is 11.3. The SMILES string of the molecule is CCCNC(=O)CCCCCCCOC(C)C. The van der Waals surface area contributed by atoms with E-state index in [1.54, 1.807) is 0 Å². The first kappa shape index (κ1) is 16.4. The van der Waals surface area contributed by atoms with Gasteiger partial charge in [-0.3, -0.25) is 4.79 Å². The zero-order valence-corrected chi connectivity index (χ0v) is 11.8. The molecule has 0 aliphatic carbocycles. The van der Waals surface area contributed by atoms with Crippen LogP contribution in [-0.4, -0.2) is 25.2 Å². The Morgan fingerprint density at radius 1 is 1.12 bits per heavy atom. The summed E-state index contributed by atoms with van der Waals surface area (Å²) < 4.78 is 5.47. The Labute approximate surface area is 106 Å². The van der Waals surface area contributed by atoms with Gasteiger partial charge < -0.3 is 10.1 Å². The molecule has 0 heterocycles. The van der Waals surface area contributed by atoms with Crippen LogP contribution in [0.1, 0.15) is 65.7 Å². The maximum atomic E-state index is 11.3. The third kappa shape index (κ3) is 13.4. The number of carbonyl (C=O) groups is 1. The van der Waals surface area contributed by atoms with Crippen LogP contribution in [0.4, 0.5) is 0 Å². The van der Waals surface area contributed by atoms with Crippen LogP contribution < -0.4 is 5.32 Å². The molecule has 0 unspecified atom stereocenters. The molecule has 0 aliphatic heterocycles. The minimum absolute atomic E-state index is 0.204. The standard InChI is InChI=1S/C14H29NO2/c1-4-11-15-14(16)10-8-6-5-7-9-12-17-13(2)3/h13H,4-12H2,1-3H3,(H,15,16). The van der Waals surface area contributed by atoms with E-state index in [2.05, 4.69) is 26.1 Å². The lowest BCUT2D eigenvalue weighted by Gasteiger charge is -2.07. The predicted octanol–water partition coefficient (Wildman–Crippen LogP) is 3.28. The molecule has 0 atom stereocenters. The Bertz CT molecular complexity index is 181. The van der Waals surface area contributed by atoms with Crippen LogP contribution in [0, 0.1) is 0 Å². The molecule has 0 bridgehead atoms. The summed E-state index contributed by atoms with van der Waals surface area (Å²) in [5, 5.41) is 2.90. The molecule has 3 nitrogen and oxygen atoms in total. The number of carbonyl (C=O) groups excluding carboxylic acids is 1. The maximum Gasteiger partial charge on any atom is 0.219 e. The molecule has 0 saturated heterocycles. The van der Waals surface area contributed by atoms with Crippen molar-refractivity contribution in [1.82, 2.24) is 5.32 Å². The first-order chi connectivity index (χ1) is 8.16. The van der Waals surface area contributed by atoms with Gasteiger partial charge in [-0.1, -0.05) is 26.2 Å². The molecule has 0 fully saturated rings. The number of rotatable bonds is 11. The van der Waals surface area contributed by atoms with Gasteiger partial charge in [-0.05, 0) is 33.1 Å². The van der Waals surface area contributed by atoms with Crippen LogP contribution in [-0.2, 0) is 9.53 Å². The normalized spacial score (nSPS) is 10.8. The van der Waals surface area contributed by atoms with Gasteiger partial charge in [0.15, 0.2) is 0 Å². The monoisotopic (exact) mass is 243 g/mol. The second kappa shape index (κ2) is 11.9. The van der Waals surface area contributed by atoms with E-state index in [0.29, 0.717) is 12.5 Å². The fourth-order valence-corrected chi connectivity index (χ4v) is 1.59. The van der Waals surface area contributed by atoms with Crippen molar-refractivity contribution in [2.75, 3.05) is 13.2 Å². The molecule has 0 rings (SSSR count).